The number of nitrogens with zero attached hydrogens (tertiary/aromatic N) is 2. The Morgan fingerprint density at radius 3 is 2.64 bits per heavy atom. The Hall–Kier alpha value is -2.80. The molecule has 3 aromatic rings. The first-order valence-electron chi connectivity index (χ1n) is 7.91. The zero-order chi connectivity index (χ0) is 18.0. The van der Waals surface area contributed by atoms with E-state index in [2.05, 4.69) is 39.6 Å². The minimum absolute atomic E-state index is 0.0662. The molecule has 128 valence electrons. The molecule has 7 heteroatoms. The van der Waals surface area contributed by atoms with E-state index in [0.717, 1.165) is 17.7 Å². The van der Waals surface area contributed by atoms with Crippen LogP contribution >= 0.6 is 11.3 Å². The van der Waals surface area contributed by atoms with Crippen molar-refractivity contribution >= 4 is 22.4 Å². The maximum absolute atomic E-state index is 12.4. The van der Waals surface area contributed by atoms with Gasteiger partial charge in [0.2, 0.25) is 0 Å². The van der Waals surface area contributed by atoms with E-state index in [-0.39, 0.29) is 5.56 Å². The van der Waals surface area contributed by atoms with Gasteiger partial charge in [-0.3, -0.25) is 14.9 Å². The number of amides is 1. The normalized spacial score (nSPS) is 10.7. The molecule has 0 spiro atoms. The molecular formula is C18H18N4O2S. The number of hydrogen-bond acceptors (Lipinski definition) is 5. The van der Waals surface area contributed by atoms with Crippen LogP contribution in [0.4, 0.5) is 5.13 Å². The van der Waals surface area contributed by atoms with Crippen LogP contribution in [-0.2, 0) is 6.42 Å². The van der Waals surface area contributed by atoms with E-state index in [1.54, 1.807) is 13.8 Å². The molecule has 0 saturated heterocycles. The molecular weight excluding hydrogens is 336 g/mol. The molecule has 0 fully saturated rings. The topological polar surface area (TPSA) is 87.7 Å². The quantitative estimate of drug-likeness (QED) is 0.752. The van der Waals surface area contributed by atoms with Crippen molar-refractivity contribution in [2.45, 2.75) is 27.2 Å². The molecule has 2 aromatic heterocycles. The molecule has 0 bridgehead atoms. The van der Waals surface area contributed by atoms with Crippen LogP contribution < -0.4 is 10.9 Å². The van der Waals surface area contributed by atoms with Crippen LogP contribution in [-0.4, -0.2) is 21.1 Å². The molecule has 0 aliphatic heterocycles. The number of carbonyl (C=O) groups excluding carboxylic acids is 1. The summed E-state index contributed by atoms with van der Waals surface area (Å²) in [5, 5.41) is 11.2. The van der Waals surface area contributed by atoms with Gasteiger partial charge in [0.05, 0.1) is 11.4 Å². The third kappa shape index (κ3) is 3.51. The fraction of sp³-hybridized carbons (Fsp3) is 0.222. The summed E-state index contributed by atoms with van der Waals surface area (Å²) in [6.07, 6.45) is 0.984. The summed E-state index contributed by atoms with van der Waals surface area (Å²) in [5.41, 5.74) is 3.77. The van der Waals surface area contributed by atoms with Gasteiger partial charge in [-0.1, -0.05) is 31.2 Å². The lowest BCUT2D eigenvalue weighted by Gasteiger charge is -2.05. The van der Waals surface area contributed by atoms with Gasteiger partial charge in [-0.15, -0.1) is 11.3 Å². The fourth-order valence-electron chi connectivity index (χ4n) is 2.43. The Labute approximate surface area is 149 Å². The average Bonchev–Trinajstić information content (AvgIpc) is 3.07. The Kier molecular flexibility index (Phi) is 4.76. The molecule has 25 heavy (non-hydrogen) atoms. The highest BCUT2D eigenvalue weighted by atomic mass is 32.1. The zero-order valence-corrected chi connectivity index (χ0v) is 15.0. The smallest absolute Gasteiger partial charge is 0.277 e. The van der Waals surface area contributed by atoms with Crippen molar-refractivity contribution in [3.05, 3.63) is 62.4 Å². The largest absolute Gasteiger partial charge is 0.298 e. The predicted octanol–water partition coefficient (Wildman–Crippen LogP) is 3.32. The van der Waals surface area contributed by atoms with Gasteiger partial charge in [-0.25, -0.2) is 10.1 Å². The summed E-state index contributed by atoms with van der Waals surface area (Å²) in [7, 11) is 0. The number of nitrogens with one attached hydrogen (secondary N) is 2. The molecule has 0 radical (unpaired) electrons. The van der Waals surface area contributed by atoms with Crippen molar-refractivity contribution in [3.63, 3.8) is 0 Å². The minimum atomic E-state index is -0.507. The van der Waals surface area contributed by atoms with Gasteiger partial charge in [-0.05, 0) is 31.4 Å². The number of anilines is 1. The number of rotatable bonds is 4. The van der Waals surface area contributed by atoms with Crippen molar-refractivity contribution in [1.82, 2.24) is 15.2 Å². The van der Waals surface area contributed by atoms with Crippen molar-refractivity contribution in [1.29, 1.82) is 0 Å². The van der Waals surface area contributed by atoms with Crippen molar-refractivity contribution < 1.29 is 4.79 Å². The predicted molar refractivity (Wildman–Crippen MR) is 99.2 cm³/mol. The van der Waals surface area contributed by atoms with E-state index in [9.17, 15) is 9.59 Å². The molecule has 6 nitrogen and oxygen atoms in total. The maximum Gasteiger partial charge on any atom is 0.277 e. The SMILES string of the molecule is CCc1ccc(-c2csc(NC(=O)c3c(C)c(C)n[nH]c3=O)n2)cc1. The molecule has 0 unspecified atom stereocenters. The highest BCUT2D eigenvalue weighted by Crippen LogP contribution is 2.25. The lowest BCUT2D eigenvalue weighted by molar-refractivity contribution is 0.102. The standard InChI is InChI=1S/C18H18N4O2S/c1-4-12-5-7-13(8-6-12)14-9-25-18(19-14)20-16(23)15-10(2)11(3)21-22-17(15)24/h5-9H,4H2,1-3H3,(H,22,24)(H,19,20,23). The fourth-order valence-corrected chi connectivity index (χ4v) is 3.15. The first-order chi connectivity index (χ1) is 12.0. The summed E-state index contributed by atoms with van der Waals surface area (Å²) in [4.78, 5) is 28.8. The lowest BCUT2D eigenvalue weighted by atomic mass is 10.1. The van der Waals surface area contributed by atoms with Crippen LogP contribution in [0, 0.1) is 13.8 Å². The van der Waals surface area contributed by atoms with Crippen molar-refractivity contribution in [2.24, 2.45) is 0 Å². The first-order valence-corrected chi connectivity index (χ1v) is 8.79. The van der Waals surface area contributed by atoms with E-state index < -0.39 is 11.5 Å². The van der Waals surface area contributed by atoms with Gasteiger partial charge in [0.15, 0.2) is 5.13 Å². The van der Waals surface area contributed by atoms with Crippen LogP contribution in [0.25, 0.3) is 11.3 Å². The number of aromatic amines is 1. The lowest BCUT2D eigenvalue weighted by Crippen LogP contribution is -2.26. The third-order valence-corrected chi connectivity index (χ3v) is 4.84. The monoisotopic (exact) mass is 354 g/mol. The van der Waals surface area contributed by atoms with Gasteiger partial charge >= 0.3 is 0 Å². The van der Waals surface area contributed by atoms with E-state index in [4.69, 9.17) is 0 Å². The maximum atomic E-state index is 12.4. The Balaban J connectivity index is 1.83. The van der Waals surface area contributed by atoms with Crippen LogP contribution in [0.2, 0.25) is 0 Å². The minimum Gasteiger partial charge on any atom is -0.298 e. The number of benzene rings is 1. The molecule has 0 saturated carbocycles. The van der Waals surface area contributed by atoms with Gasteiger partial charge in [0.1, 0.15) is 5.56 Å². The summed E-state index contributed by atoms with van der Waals surface area (Å²) in [6, 6.07) is 8.16. The molecule has 0 aliphatic rings. The van der Waals surface area contributed by atoms with Gasteiger partial charge in [-0.2, -0.15) is 5.10 Å². The summed E-state index contributed by atoms with van der Waals surface area (Å²) in [6.45, 7) is 5.55. The second kappa shape index (κ2) is 6.98. The second-order valence-corrected chi connectivity index (χ2v) is 6.54. The Morgan fingerprint density at radius 2 is 1.96 bits per heavy atom. The second-order valence-electron chi connectivity index (χ2n) is 5.68. The number of thiazole rings is 1. The van der Waals surface area contributed by atoms with E-state index in [0.29, 0.717) is 16.4 Å². The summed E-state index contributed by atoms with van der Waals surface area (Å²) in [5.74, 6) is -0.480. The van der Waals surface area contributed by atoms with E-state index >= 15 is 0 Å². The van der Waals surface area contributed by atoms with Crippen molar-refractivity contribution in [3.8, 4) is 11.3 Å². The summed E-state index contributed by atoms with van der Waals surface area (Å²) >= 11 is 1.32. The molecule has 2 N–H and O–H groups in total. The molecule has 2 heterocycles. The highest BCUT2D eigenvalue weighted by molar-refractivity contribution is 7.14. The molecule has 0 aliphatic carbocycles. The molecule has 3 rings (SSSR count). The first kappa shape index (κ1) is 17.0. The number of carbonyl (C=O) groups is 1. The van der Waals surface area contributed by atoms with Gasteiger partial charge in [0.25, 0.3) is 11.5 Å². The van der Waals surface area contributed by atoms with E-state index in [1.807, 2.05) is 17.5 Å². The van der Waals surface area contributed by atoms with Gasteiger partial charge in [0, 0.05) is 10.9 Å². The van der Waals surface area contributed by atoms with Crippen LogP contribution in [0.1, 0.15) is 34.1 Å². The number of aryl methyl sites for hydroxylation is 2. The average molecular weight is 354 g/mol. The Bertz CT molecular complexity index is 973. The number of aromatic nitrogens is 3. The highest BCUT2D eigenvalue weighted by Gasteiger charge is 2.17. The van der Waals surface area contributed by atoms with Crippen LogP contribution in [0.5, 0.6) is 0 Å². The van der Waals surface area contributed by atoms with Crippen molar-refractivity contribution in [2.75, 3.05) is 5.32 Å². The Morgan fingerprint density at radius 1 is 1.24 bits per heavy atom. The van der Waals surface area contributed by atoms with Crippen LogP contribution in [0.3, 0.4) is 0 Å². The van der Waals surface area contributed by atoms with Crippen LogP contribution in [0.15, 0.2) is 34.4 Å². The van der Waals surface area contributed by atoms with Gasteiger partial charge < -0.3 is 0 Å². The molecule has 1 aromatic carbocycles. The number of hydrogen-bond donors (Lipinski definition) is 2. The number of H-pyrrole nitrogens is 1. The summed E-state index contributed by atoms with van der Waals surface area (Å²) < 4.78 is 0. The zero-order valence-electron chi connectivity index (χ0n) is 14.2. The molecule has 0 atom stereocenters. The molecule has 1 amide bonds. The third-order valence-electron chi connectivity index (χ3n) is 4.08. The van der Waals surface area contributed by atoms with E-state index in [1.165, 1.54) is 16.9 Å².